The molecule has 34 heavy (non-hydrogen) atoms. The Labute approximate surface area is 202 Å². The normalized spacial score (nSPS) is 16.0. The lowest BCUT2D eigenvalue weighted by Crippen LogP contribution is -2.30. The van der Waals surface area contributed by atoms with Gasteiger partial charge in [0, 0.05) is 49.3 Å². The maximum atomic E-state index is 12.8. The van der Waals surface area contributed by atoms with Crippen molar-refractivity contribution in [2.75, 3.05) is 27.0 Å². The number of halogens is 1. The van der Waals surface area contributed by atoms with E-state index in [1.165, 1.54) is 0 Å². The first kappa shape index (κ1) is 22.5. The molecule has 1 unspecified atom stereocenters. The average Bonchev–Trinajstić information content (AvgIpc) is 3.42. The number of carbonyl (C=O) groups is 1. The van der Waals surface area contributed by atoms with Gasteiger partial charge in [0.15, 0.2) is 17.3 Å². The molecule has 0 bridgehead atoms. The van der Waals surface area contributed by atoms with Crippen molar-refractivity contribution in [1.82, 2.24) is 25.0 Å². The third-order valence-electron chi connectivity index (χ3n) is 6.15. The van der Waals surface area contributed by atoms with Crippen LogP contribution in [0.1, 0.15) is 40.5 Å². The van der Waals surface area contributed by atoms with Gasteiger partial charge in [0.2, 0.25) is 6.79 Å². The molecule has 2 aliphatic rings. The second-order valence-corrected chi connectivity index (χ2v) is 8.78. The quantitative estimate of drug-likeness (QED) is 0.575. The molecule has 3 aromatic rings. The SMILES string of the molecule is COc1cccc(C(=O)NC(C)c2nnc3n2CCN(Cc2cc4c(cc2Cl)OCO4)CC3)c1. The molecule has 2 aliphatic heterocycles. The summed E-state index contributed by atoms with van der Waals surface area (Å²) in [5, 5.41) is 12.5. The predicted molar refractivity (Wildman–Crippen MR) is 125 cm³/mol. The standard InChI is InChI=1S/C24H26ClN5O4/c1-15(26-24(31)16-4-3-5-18(10-16)32-2)23-28-27-22-6-7-29(8-9-30(22)23)13-17-11-20-21(12-19(17)25)34-14-33-20/h3-5,10-12,15H,6-9,13-14H2,1-2H3,(H,26,31). The van der Waals surface area contributed by atoms with Crippen LogP contribution in [-0.2, 0) is 19.5 Å². The summed E-state index contributed by atoms with van der Waals surface area (Å²) in [7, 11) is 1.58. The molecule has 0 saturated carbocycles. The number of aromatic nitrogens is 3. The summed E-state index contributed by atoms with van der Waals surface area (Å²) in [6, 6.07) is 10.5. The van der Waals surface area contributed by atoms with Gasteiger partial charge in [-0.05, 0) is 36.8 Å². The van der Waals surface area contributed by atoms with Gasteiger partial charge >= 0.3 is 0 Å². The summed E-state index contributed by atoms with van der Waals surface area (Å²) in [6.07, 6.45) is 0.756. The first-order valence-corrected chi connectivity index (χ1v) is 11.6. The van der Waals surface area contributed by atoms with Gasteiger partial charge in [-0.2, -0.15) is 0 Å². The van der Waals surface area contributed by atoms with E-state index in [9.17, 15) is 4.79 Å². The van der Waals surface area contributed by atoms with Crippen molar-refractivity contribution in [2.45, 2.75) is 32.5 Å². The summed E-state index contributed by atoms with van der Waals surface area (Å²) >= 11 is 6.48. The lowest BCUT2D eigenvalue weighted by molar-refractivity contribution is 0.0937. The number of amides is 1. The van der Waals surface area contributed by atoms with E-state index in [0.29, 0.717) is 28.6 Å². The van der Waals surface area contributed by atoms with Gasteiger partial charge in [-0.1, -0.05) is 17.7 Å². The number of hydrogen-bond donors (Lipinski definition) is 1. The minimum Gasteiger partial charge on any atom is -0.497 e. The summed E-state index contributed by atoms with van der Waals surface area (Å²) < 4.78 is 18.2. The molecule has 3 heterocycles. The van der Waals surface area contributed by atoms with Crippen LogP contribution in [-0.4, -0.2) is 52.6 Å². The second-order valence-electron chi connectivity index (χ2n) is 8.38. The van der Waals surface area contributed by atoms with Crippen molar-refractivity contribution >= 4 is 17.5 Å². The Hall–Kier alpha value is -3.30. The highest BCUT2D eigenvalue weighted by molar-refractivity contribution is 6.31. The number of methoxy groups -OCH3 is 1. The predicted octanol–water partition coefficient (Wildman–Crippen LogP) is 3.22. The molecular formula is C24H26ClN5O4. The summed E-state index contributed by atoms with van der Waals surface area (Å²) in [6.45, 7) is 5.20. The summed E-state index contributed by atoms with van der Waals surface area (Å²) in [4.78, 5) is 15.1. The van der Waals surface area contributed by atoms with Crippen LogP contribution in [0, 0.1) is 0 Å². The topological polar surface area (TPSA) is 90.7 Å². The molecule has 1 amide bonds. The van der Waals surface area contributed by atoms with E-state index in [0.717, 1.165) is 49.0 Å². The number of hydrogen-bond acceptors (Lipinski definition) is 7. The van der Waals surface area contributed by atoms with Crippen molar-refractivity contribution in [1.29, 1.82) is 0 Å². The highest BCUT2D eigenvalue weighted by Gasteiger charge is 2.24. The van der Waals surface area contributed by atoms with E-state index in [1.807, 2.05) is 19.1 Å². The van der Waals surface area contributed by atoms with E-state index < -0.39 is 0 Å². The van der Waals surface area contributed by atoms with Gasteiger partial charge in [0.05, 0.1) is 13.2 Å². The third kappa shape index (κ3) is 4.53. The van der Waals surface area contributed by atoms with Crippen LogP contribution in [0.4, 0.5) is 0 Å². The minimum absolute atomic E-state index is 0.184. The van der Waals surface area contributed by atoms with Gasteiger partial charge in [-0.15, -0.1) is 10.2 Å². The zero-order valence-corrected chi connectivity index (χ0v) is 19.8. The van der Waals surface area contributed by atoms with Crippen LogP contribution < -0.4 is 19.5 Å². The maximum absolute atomic E-state index is 12.8. The van der Waals surface area contributed by atoms with Crippen LogP contribution in [0.2, 0.25) is 5.02 Å². The molecule has 9 nitrogen and oxygen atoms in total. The van der Waals surface area contributed by atoms with E-state index in [4.69, 9.17) is 25.8 Å². The first-order valence-electron chi connectivity index (χ1n) is 11.2. The van der Waals surface area contributed by atoms with Gasteiger partial charge in [0.25, 0.3) is 5.91 Å². The van der Waals surface area contributed by atoms with Crippen molar-refractivity contribution in [2.24, 2.45) is 0 Å². The Morgan fingerprint density at radius 1 is 1.18 bits per heavy atom. The second kappa shape index (κ2) is 9.52. The maximum Gasteiger partial charge on any atom is 0.251 e. The average molecular weight is 484 g/mol. The molecule has 0 radical (unpaired) electrons. The van der Waals surface area contributed by atoms with Gasteiger partial charge < -0.3 is 24.1 Å². The molecule has 2 aromatic carbocycles. The van der Waals surface area contributed by atoms with Crippen molar-refractivity contribution in [3.8, 4) is 17.2 Å². The largest absolute Gasteiger partial charge is 0.497 e. The molecule has 1 N–H and O–H groups in total. The minimum atomic E-state index is -0.296. The number of nitrogens with one attached hydrogen (secondary N) is 1. The number of benzene rings is 2. The zero-order valence-electron chi connectivity index (χ0n) is 19.1. The van der Waals surface area contributed by atoms with E-state index in [-0.39, 0.29) is 18.7 Å². The van der Waals surface area contributed by atoms with Crippen molar-refractivity contribution in [3.05, 3.63) is 64.2 Å². The molecule has 1 aromatic heterocycles. The van der Waals surface area contributed by atoms with Crippen LogP contribution in [0.5, 0.6) is 17.2 Å². The Bertz CT molecular complexity index is 1210. The Kier molecular flexibility index (Phi) is 6.30. The number of carbonyl (C=O) groups excluding carboxylic acids is 1. The van der Waals surface area contributed by atoms with Gasteiger partial charge in [-0.3, -0.25) is 9.69 Å². The number of ether oxygens (including phenoxy) is 3. The monoisotopic (exact) mass is 483 g/mol. The number of rotatable bonds is 6. The fourth-order valence-corrected chi connectivity index (χ4v) is 4.51. The van der Waals surface area contributed by atoms with E-state index in [1.54, 1.807) is 31.4 Å². The number of fused-ring (bicyclic) bond motifs is 2. The highest BCUT2D eigenvalue weighted by atomic mass is 35.5. The van der Waals surface area contributed by atoms with E-state index >= 15 is 0 Å². The zero-order chi connectivity index (χ0) is 23.7. The van der Waals surface area contributed by atoms with Crippen LogP contribution >= 0.6 is 11.6 Å². The Balaban J connectivity index is 1.25. The Morgan fingerprint density at radius 3 is 2.82 bits per heavy atom. The lowest BCUT2D eigenvalue weighted by Gasteiger charge is -2.21. The molecule has 0 spiro atoms. The van der Waals surface area contributed by atoms with Crippen LogP contribution in [0.25, 0.3) is 0 Å². The van der Waals surface area contributed by atoms with Crippen LogP contribution in [0.3, 0.4) is 0 Å². The molecule has 1 atom stereocenters. The smallest absolute Gasteiger partial charge is 0.251 e. The van der Waals surface area contributed by atoms with Crippen LogP contribution in [0.15, 0.2) is 36.4 Å². The fraction of sp³-hybridized carbons (Fsp3) is 0.375. The summed E-state index contributed by atoms with van der Waals surface area (Å²) in [5.74, 6) is 3.53. The molecule has 10 heteroatoms. The molecule has 0 saturated heterocycles. The third-order valence-corrected chi connectivity index (χ3v) is 6.50. The van der Waals surface area contributed by atoms with Gasteiger partial charge in [-0.25, -0.2) is 0 Å². The van der Waals surface area contributed by atoms with E-state index in [2.05, 4.69) is 25.0 Å². The lowest BCUT2D eigenvalue weighted by atomic mass is 10.2. The molecular weight excluding hydrogens is 458 g/mol. The summed E-state index contributed by atoms with van der Waals surface area (Å²) in [5.41, 5.74) is 1.54. The fourth-order valence-electron chi connectivity index (χ4n) is 4.30. The Morgan fingerprint density at radius 2 is 2.00 bits per heavy atom. The highest BCUT2D eigenvalue weighted by Crippen LogP contribution is 2.37. The molecule has 5 rings (SSSR count). The molecule has 178 valence electrons. The molecule has 0 aliphatic carbocycles. The molecule has 0 fully saturated rings. The number of nitrogens with zero attached hydrogens (tertiary/aromatic N) is 4. The van der Waals surface area contributed by atoms with Crippen molar-refractivity contribution < 1.29 is 19.0 Å². The van der Waals surface area contributed by atoms with Crippen molar-refractivity contribution in [3.63, 3.8) is 0 Å². The first-order chi connectivity index (χ1) is 16.5. The van der Waals surface area contributed by atoms with Gasteiger partial charge in [0.1, 0.15) is 11.6 Å².